The van der Waals surface area contributed by atoms with Gasteiger partial charge in [-0.15, -0.1) is 0 Å². The Labute approximate surface area is 91.0 Å². The summed E-state index contributed by atoms with van der Waals surface area (Å²) in [6.45, 7) is 0.565. The van der Waals surface area contributed by atoms with E-state index >= 15 is 0 Å². The highest BCUT2D eigenvalue weighted by Gasteiger charge is 2.21. The number of aromatic nitrogens is 1. The van der Waals surface area contributed by atoms with Crippen molar-refractivity contribution in [2.45, 2.75) is 12.5 Å². The minimum atomic E-state index is -0.551. The molecule has 7 heteroatoms. The van der Waals surface area contributed by atoms with Crippen molar-refractivity contribution < 1.29 is 9.72 Å². The van der Waals surface area contributed by atoms with E-state index in [0.29, 0.717) is 18.7 Å². The van der Waals surface area contributed by atoms with Crippen LogP contribution in [-0.2, 0) is 4.79 Å². The number of rotatable bonds is 3. The molecular formula is C9H10N4O3. The summed E-state index contributed by atoms with van der Waals surface area (Å²) in [4.78, 5) is 24.4. The molecule has 7 nitrogen and oxygen atoms in total. The van der Waals surface area contributed by atoms with Gasteiger partial charge in [-0.05, 0) is 16.0 Å². The molecule has 1 aromatic rings. The van der Waals surface area contributed by atoms with Gasteiger partial charge in [0.1, 0.15) is 0 Å². The third-order valence-electron chi connectivity index (χ3n) is 2.28. The van der Waals surface area contributed by atoms with Gasteiger partial charge in [0.05, 0.1) is 11.7 Å². The van der Waals surface area contributed by atoms with E-state index in [4.69, 9.17) is 0 Å². The number of nitro groups is 1. The van der Waals surface area contributed by atoms with Gasteiger partial charge in [-0.25, -0.2) is 0 Å². The van der Waals surface area contributed by atoms with Crippen molar-refractivity contribution in [1.82, 2.24) is 10.3 Å². The van der Waals surface area contributed by atoms with Crippen LogP contribution in [0.15, 0.2) is 18.3 Å². The number of pyridine rings is 1. The molecule has 0 radical (unpaired) electrons. The number of nitrogens with zero attached hydrogens (tertiary/aromatic N) is 2. The number of amides is 1. The molecule has 1 aliphatic heterocycles. The lowest BCUT2D eigenvalue weighted by molar-refractivity contribution is -0.389. The predicted molar refractivity (Wildman–Crippen MR) is 55.9 cm³/mol. The van der Waals surface area contributed by atoms with Crippen molar-refractivity contribution in [2.24, 2.45) is 0 Å². The summed E-state index contributed by atoms with van der Waals surface area (Å²) in [6.07, 6.45) is 1.80. The van der Waals surface area contributed by atoms with E-state index in [1.165, 1.54) is 12.3 Å². The maximum absolute atomic E-state index is 10.9. The first-order chi connectivity index (χ1) is 7.65. The van der Waals surface area contributed by atoms with Gasteiger partial charge in [0, 0.05) is 19.0 Å². The number of anilines is 1. The van der Waals surface area contributed by atoms with Crippen molar-refractivity contribution >= 4 is 17.4 Å². The Morgan fingerprint density at radius 2 is 2.38 bits per heavy atom. The number of hydrogen-bond acceptors (Lipinski definition) is 5. The van der Waals surface area contributed by atoms with Gasteiger partial charge in [0.25, 0.3) is 0 Å². The Hall–Kier alpha value is -2.18. The smallest absolute Gasteiger partial charge is 0.363 e. The van der Waals surface area contributed by atoms with Crippen LogP contribution in [0.4, 0.5) is 11.5 Å². The van der Waals surface area contributed by atoms with Crippen LogP contribution in [-0.4, -0.2) is 28.4 Å². The maximum Gasteiger partial charge on any atom is 0.363 e. The molecule has 0 saturated carbocycles. The molecule has 0 spiro atoms. The summed E-state index contributed by atoms with van der Waals surface area (Å²) in [5.41, 5.74) is 0.673. The van der Waals surface area contributed by atoms with Crippen LogP contribution in [0.3, 0.4) is 0 Å². The molecule has 2 heterocycles. The quantitative estimate of drug-likeness (QED) is 0.566. The molecule has 1 atom stereocenters. The fraction of sp³-hybridized carbons (Fsp3) is 0.333. The number of nitrogens with one attached hydrogen (secondary N) is 2. The summed E-state index contributed by atoms with van der Waals surface area (Å²) in [5.74, 6) is -0.182. The standard InChI is InChI=1S/C9H10N4O3/c14-9-3-7(5-11-9)12-6-1-2-8(10-4-6)13(15)16/h1-2,4,7,12H,3,5H2,(H,11,14). The van der Waals surface area contributed by atoms with Crippen LogP contribution >= 0.6 is 0 Å². The molecule has 1 amide bonds. The van der Waals surface area contributed by atoms with E-state index in [1.54, 1.807) is 6.07 Å². The molecule has 1 saturated heterocycles. The highest BCUT2D eigenvalue weighted by atomic mass is 16.6. The van der Waals surface area contributed by atoms with Gasteiger partial charge in [-0.3, -0.25) is 4.79 Å². The normalized spacial score (nSPS) is 19.2. The highest BCUT2D eigenvalue weighted by molar-refractivity contribution is 5.79. The molecule has 0 bridgehead atoms. The Morgan fingerprint density at radius 1 is 1.56 bits per heavy atom. The Bertz CT molecular complexity index is 417. The minimum Gasteiger partial charge on any atom is -0.377 e. The maximum atomic E-state index is 10.9. The zero-order valence-electron chi connectivity index (χ0n) is 8.34. The molecule has 1 aliphatic rings. The van der Waals surface area contributed by atoms with Gasteiger partial charge >= 0.3 is 5.82 Å². The van der Waals surface area contributed by atoms with Crippen LogP contribution in [0.25, 0.3) is 0 Å². The average molecular weight is 222 g/mol. The lowest BCUT2D eigenvalue weighted by Crippen LogP contribution is -2.22. The summed E-state index contributed by atoms with van der Waals surface area (Å²) in [6, 6.07) is 2.93. The van der Waals surface area contributed by atoms with Gasteiger partial charge in [0.15, 0.2) is 6.20 Å². The summed E-state index contributed by atoms with van der Waals surface area (Å²) in [7, 11) is 0. The summed E-state index contributed by atoms with van der Waals surface area (Å²) >= 11 is 0. The van der Waals surface area contributed by atoms with Crippen LogP contribution in [0.2, 0.25) is 0 Å². The van der Waals surface area contributed by atoms with Gasteiger partial charge in [0.2, 0.25) is 5.91 Å². The fourth-order valence-electron chi connectivity index (χ4n) is 1.52. The monoisotopic (exact) mass is 222 g/mol. The Kier molecular flexibility index (Phi) is 2.67. The first-order valence-electron chi connectivity index (χ1n) is 4.79. The number of carbonyl (C=O) groups is 1. The zero-order valence-corrected chi connectivity index (χ0v) is 8.34. The third-order valence-corrected chi connectivity index (χ3v) is 2.28. The molecule has 2 rings (SSSR count). The van der Waals surface area contributed by atoms with E-state index in [-0.39, 0.29) is 17.8 Å². The van der Waals surface area contributed by atoms with Crippen LogP contribution in [0.1, 0.15) is 6.42 Å². The minimum absolute atomic E-state index is 0.00682. The predicted octanol–water partition coefficient (Wildman–Crippen LogP) is 0.290. The van der Waals surface area contributed by atoms with E-state index in [0.717, 1.165) is 0 Å². The van der Waals surface area contributed by atoms with E-state index in [2.05, 4.69) is 15.6 Å². The SMILES string of the molecule is O=C1CC(Nc2ccc([N+](=O)[O-])nc2)CN1. The van der Waals surface area contributed by atoms with Crippen molar-refractivity contribution in [2.75, 3.05) is 11.9 Å². The molecule has 2 N–H and O–H groups in total. The molecule has 1 aromatic heterocycles. The topological polar surface area (TPSA) is 97.2 Å². The third kappa shape index (κ3) is 2.25. The average Bonchev–Trinajstić information content (AvgIpc) is 2.65. The molecule has 1 unspecified atom stereocenters. The van der Waals surface area contributed by atoms with Crippen LogP contribution < -0.4 is 10.6 Å². The second-order valence-corrected chi connectivity index (χ2v) is 3.51. The van der Waals surface area contributed by atoms with E-state index in [1.807, 2.05) is 0 Å². The highest BCUT2D eigenvalue weighted by Crippen LogP contribution is 2.14. The number of carbonyl (C=O) groups excluding carboxylic acids is 1. The first-order valence-corrected chi connectivity index (χ1v) is 4.79. The van der Waals surface area contributed by atoms with E-state index in [9.17, 15) is 14.9 Å². The van der Waals surface area contributed by atoms with Gasteiger partial charge in [-0.2, -0.15) is 0 Å². The van der Waals surface area contributed by atoms with Crippen molar-refractivity contribution in [1.29, 1.82) is 0 Å². The molecule has 84 valence electrons. The fourth-order valence-corrected chi connectivity index (χ4v) is 1.52. The van der Waals surface area contributed by atoms with Crippen molar-refractivity contribution in [3.05, 3.63) is 28.4 Å². The largest absolute Gasteiger partial charge is 0.377 e. The zero-order chi connectivity index (χ0) is 11.5. The van der Waals surface area contributed by atoms with Crippen molar-refractivity contribution in [3.8, 4) is 0 Å². The Balaban J connectivity index is 2.00. The second-order valence-electron chi connectivity index (χ2n) is 3.51. The van der Waals surface area contributed by atoms with E-state index < -0.39 is 4.92 Å². The first kappa shape index (κ1) is 10.3. The van der Waals surface area contributed by atoms with Gasteiger partial charge < -0.3 is 20.7 Å². The molecule has 1 fully saturated rings. The lowest BCUT2D eigenvalue weighted by Gasteiger charge is -2.09. The van der Waals surface area contributed by atoms with Crippen LogP contribution in [0.5, 0.6) is 0 Å². The molecule has 0 aliphatic carbocycles. The summed E-state index contributed by atoms with van der Waals surface area (Å²) in [5, 5.41) is 16.1. The van der Waals surface area contributed by atoms with Gasteiger partial charge in [-0.1, -0.05) is 0 Å². The molecular weight excluding hydrogens is 212 g/mol. The number of hydrogen-bond donors (Lipinski definition) is 2. The molecule has 16 heavy (non-hydrogen) atoms. The van der Waals surface area contributed by atoms with Crippen molar-refractivity contribution in [3.63, 3.8) is 0 Å². The summed E-state index contributed by atoms with van der Waals surface area (Å²) < 4.78 is 0. The van der Waals surface area contributed by atoms with Crippen LogP contribution in [0, 0.1) is 10.1 Å². The second kappa shape index (κ2) is 4.13. The Morgan fingerprint density at radius 3 is 2.88 bits per heavy atom. The molecule has 0 aromatic carbocycles. The lowest BCUT2D eigenvalue weighted by atomic mass is 10.2.